The minimum absolute atomic E-state index is 0.000375. The molecule has 0 bridgehead atoms. The molecule has 0 saturated carbocycles. The van der Waals surface area contributed by atoms with Crippen molar-refractivity contribution in [2.75, 3.05) is 0 Å². The third kappa shape index (κ3) is 10.9. The van der Waals surface area contributed by atoms with Crippen LogP contribution in [0.2, 0.25) is 0 Å². The summed E-state index contributed by atoms with van der Waals surface area (Å²) < 4.78 is 0. The quantitative estimate of drug-likeness (QED) is 0.101. The molecule has 0 aromatic rings. The maximum absolute atomic E-state index is 12.1. The molecule has 0 aliphatic heterocycles. The number of rotatable bonds is 21. The van der Waals surface area contributed by atoms with Gasteiger partial charge in [-0.15, -0.1) is 0 Å². The molecule has 0 aliphatic carbocycles. The molecule has 0 aromatic carbocycles. The van der Waals surface area contributed by atoms with Crippen LogP contribution in [0.3, 0.4) is 0 Å². The summed E-state index contributed by atoms with van der Waals surface area (Å²) in [6.45, 7) is 42.1. The Morgan fingerprint density at radius 3 is 1.00 bits per heavy atom. The van der Waals surface area contributed by atoms with Crippen molar-refractivity contribution in [3.63, 3.8) is 0 Å². The van der Waals surface area contributed by atoms with E-state index in [9.17, 15) is 20.4 Å². The molecule has 0 rings (SSSR count). The lowest BCUT2D eigenvalue weighted by atomic mass is 9.61. The van der Waals surface area contributed by atoms with Gasteiger partial charge in [0.05, 0.1) is 23.9 Å². The van der Waals surface area contributed by atoms with Gasteiger partial charge in [0, 0.05) is 0 Å². The second kappa shape index (κ2) is 19.1. The van der Waals surface area contributed by atoms with Crippen molar-refractivity contribution < 1.29 is 20.4 Å². The van der Waals surface area contributed by atoms with Gasteiger partial charge in [0.2, 0.25) is 0 Å². The van der Waals surface area contributed by atoms with E-state index in [1.807, 2.05) is 13.8 Å². The van der Waals surface area contributed by atoms with Gasteiger partial charge < -0.3 is 20.4 Å². The van der Waals surface area contributed by atoms with Gasteiger partial charge in [-0.05, 0) is 108 Å². The Bertz CT molecular complexity index is 798. The van der Waals surface area contributed by atoms with Crippen molar-refractivity contribution in [2.24, 2.45) is 94.7 Å². The molecule has 0 aliphatic rings. The molecule has 4 N–H and O–H groups in total. The fourth-order valence-corrected chi connectivity index (χ4v) is 8.60. The lowest BCUT2D eigenvalue weighted by Crippen LogP contribution is -2.49. The fourth-order valence-electron chi connectivity index (χ4n) is 8.60. The van der Waals surface area contributed by atoms with Gasteiger partial charge in [-0.1, -0.05) is 131 Å². The molecule has 20 atom stereocenters. The molecule has 0 spiro atoms. The second-order valence-corrected chi connectivity index (χ2v) is 17.3. The molecular formula is C41H84O4. The summed E-state index contributed by atoms with van der Waals surface area (Å²) in [5, 5.41) is 45.6. The number of aliphatic hydroxyl groups excluding tert-OH is 3. The van der Waals surface area contributed by atoms with Crippen LogP contribution >= 0.6 is 0 Å². The summed E-state index contributed by atoms with van der Waals surface area (Å²) in [5.41, 5.74) is -0.865. The Morgan fingerprint density at radius 1 is 0.378 bits per heavy atom. The summed E-state index contributed by atoms with van der Waals surface area (Å²) in [6, 6.07) is 0. The average Bonchev–Trinajstić information content (AvgIpc) is 3.04. The zero-order valence-corrected chi connectivity index (χ0v) is 33.7. The molecule has 0 fully saturated rings. The minimum atomic E-state index is -0.865. The van der Waals surface area contributed by atoms with Crippen LogP contribution in [0, 0.1) is 94.7 Å². The van der Waals surface area contributed by atoms with Crippen LogP contribution in [0.25, 0.3) is 0 Å². The first-order chi connectivity index (χ1) is 20.4. The van der Waals surface area contributed by atoms with Crippen molar-refractivity contribution in [3.05, 3.63) is 0 Å². The van der Waals surface area contributed by atoms with Crippen LogP contribution in [-0.2, 0) is 0 Å². The highest BCUT2D eigenvalue weighted by Gasteiger charge is 2.45. The van der Waals surface area contributed by atoms with E-state index in [-0.39, 0.29) is 65.3 Å². The Labute approximate surface area is 283 Å². The van der Waals surface area contributed by atoms with E-state index >= 15 is 0 Å². The standard InChI is InChI=1S/C41H84O4/c1-20-22(3)23(4)24(5)25(6)26(7)29(10)36(17)41(19,45)37(18)30(11)35(16)40(44)34(15)28(9)33(14)39(43)32(13)27(8)31(12)38(42)21-2/h22-40,42-45H,20-21H2,1-19H3. The number of hydrogen-bond donors (Lipinski definition) is 4. The van der Waals surface area contributed by atoms with E-state index < -0.39 is 17.8 Å². The van der Waals surface area contributed by atoms with Crippen molar-refractivity contribution in [1.82, 2.24) is 0 Å². The van der Waals surface area contributed by atoms with Crippen molar-refractivity contribution in [3.8, 4) is 0 Å². The molecule has 272 valence electrons. The van der Waals surface area contributed by atoms with E-state index in [1.165, 1.54) is 6.42 Å². The Hall–Kier alpha value is -0.160. The Balaban J connectivity index is 5.64. The molecular weight excluding hydrogens is 556 g/mol. The summed E-state index contributed by atoms with van der Waals surface area (Å²) >= 11 is 0. The smallest absolute Gasteiger partial charge is 0.0675 e. The van der Waals surface area contributed by atoms with Gasteiger partial charge >= 0.3 is 0 Å². The zero-order valence-electron chi connectivity index (χ0n) is 33.7. The molecule has 0 aromatic heterocycles. The van der Waals surface area contributed by atoms with Gasteiger partial charge in [-0.25, -0.2) is 0 Å². The molecule has 0 heterocycles. The lowest BCUT2D eigenvalue weighted by molar-refractivity contribution is -0.106. The van der Waals surface area contributed by atoms with E-state index in [2.05, 4.69) is 118 Å². The van der Waals surface area contributed by atoms with Gasteiger partial charge in [-0.2, -0.15) is 0 Å². The zero-order chi connectivity index (χ0) is 35.9. The van der Waals surface area contributed by atoms with Crippen LogP contribution in [0.15, 0.2) is 0 Å². The molecule has 0 radical (unpaired) electrons. The third-order valence-corrected chi connectivity index (χ3v) is 15.6. The Morgan fingerprint density at radius 2 is 0.644 bits per heavy atom. The van der Waals surface area contributed by atoms with E-state index in [4.69, 9.17) is 0 Å². The minimum Gasteiger partial charge on any atom is -0.393 e. The summed E-state index contributed by atoms with van der Waals surface area (Å²) in [6.07, 6.45) is 0.532. The van der Waals surface area contributed by atoms with Gasteiger partial charge in [0.15, 0.2) is 0 Å². The maximum Gasteiger partial charge on any atom is 0.0675 e. The van der Waals surface area contributed by atoms with Gasteiger partial charge in [-0.3, -0.25) is 0 Å². The van der Waals surface area contributed by atoms with E-state index in [0.717, 1.165) is 6.42 Å². The van der Waals surface area contributed by atoms with Crippen LogP contribution < -0.4 is 0 Å². The van der Waals surface area contributed by atoms with E-state index in [1.54, 1.807) is 0 Å². The Kier molecular flexibility index (Phi) is 19.1. The predicted molar refractivity (Wildman–Crippen MR) is 196 cm³/mol. The SMILES string of the molecule is CCC(C)C(C)C(C)C(C)C(C)C(C)C(C)C(C)(O)C(C)C(C)C(C)C(O)C(C)C(C)C(C)C(O)C(C)C(C)C(C)C(O)CC. The van der Waals surface area contributed by atoms with Crippen molar-refractivity contribution >= 4 is 0 Å². The first-order valence-electron chi connectivity index (χ1n) is 19.2. The highest BCUT2D eigenvalue weighted by molar-refractivity contribution is 4.94. The molecule has 20 unspecified atom stereocenters. The summed E-state index contributed by atoms with van der Waals surface area (Å²) in [7, 11) is 0. The van der Waals surface area contributed by atoms with E-state index in [0.29, 0.717) is 35.5 Å². The topological polar surface area (TPSA) is 80.9 Å². The van der Waals surface area contributed by atoms with Crippen LogP contribution in [0.4, 0.5) is 0 Å². The van der Waals surface area contributed by atoms with Gasteiger partial charge in [0.1, 0.15) is 0 Å². The summed E-state index contributed by atoms with van der Waals surface area (Å²) in [5.74, 6) is 4.16. The monoisotopic (exact) mass is 641 g/mol. The average molecular weight is 641 g/mol. The van der Waals surface area contributed by atoms with Crippen molar-refractivity contribution in [1.29, 1.82) is 0 Å². The number of hydrogen-bond acceptors (Lipinski definition) is 4. The van der Waals surface area contributed by atoms with Crippen LogP contribution in [0.1, 0.15) is 144 Å². The highest BCUT2D eigenvalue weighted by Crippen LogP contribution is 2.45. The molecule has 4 heteroatoms. The van der Waals surface area contributed by atoms with Crippen LogP contribution in [0.5, 0.6) is 0 Å². The first kappa shape index (κ1) is 44.8. The predicted octanol–water partition coefficient (Wildman–Crippen LogP) is 9.82. The molecule has 4 nitrogen and oxygen atoms in total. The third-order valence-electron chi connectivity index (χ3n) is 15.6. The molecule has 0 saturated heterocycles. The second-order valence-electron chi connectivity index (χ2n) is 17.3. The molecule has 45 heavy (non-hydrogen) atoms. The number of aliphatic hydroxyl groups is 4. The largest absolute Gasteiger partial charge is 0.393 e. The van der Waals surface area contributed by atoms with Crippen molar-refractivity contribution in [2.45, 2.75) is 168 Å². The molecule has 0 amide bonds. The lowest BCUT2D eigenvalue weighted by Gasteiger charge is -2.47. The highest BCUT2D eigenvalue weighted by atomic mass is 16.3. The first-order valence-corrected chi connectivity index (χ1v) is 19.2. The fraction of sp³-hybridized carbons (Fsp3) is 1.00. The maximum atomic E-state index is 12.1. The van der Waals surface area contributed by atoms with Crippen LogP contribution in [-0.4, -0.2) is 44.3 Å². The van der Waals surface area contributed by atoms with Gasteiger partial charge in [0.25, 0.3) is 0 Å². The summed E-state index contributed by atoms with van der Waals surface area (Å²) in [4.78, 5) is 0. The normalized spacial score (nSPS) is 27.0.